The minimum absolute atomic E-state index is 0.00349. The van der Waals surface area contributed by atoms with E-state index in [9.17, 15) is 41.8 Å². The highest BCUT2D eigenvalue weighted by molar-refractivity contribution is 5.81. The summed E-state index contributed by atoms with van der Waals surface area (Å²) >= 11 is 0. The van der Waals surface area contributed by atoms with Gasteiger partial charge in [0.2, 0.25) is 0 Å². The van der Waals surface area contributed by atoms with Crippen molar-refractivity contribution in [1.29, 1.82) is 0 Å². The maximum atomic E-state index is 14.5. The van der Waals surface area contributed by atoms with Gasteiger partial charge < -0.3 is 29.1 Å². The zero-order chi connectivity index (χ0) is 34.7. The number of aliphatic carboxylic acids is 1. The highest BCUT2D eigenvalue weighted by atomic mass is 19.3. The molecule has 4 fully saturated rings. The Balaban J connectivity index is 0.000000188. The molecule has 0 spiro atoms. The number of carboxylic acids is 1. The number of ether oxygens (including phenoxy) is 3. The molecule has 10 nitrogen and oxygen atoms in total. The van der Waals surface area contributed by atoms with Gasteiger partial charge in [-0.3, -0.25) is 9.59 Å². The van der Waals surface area contributed by atoms with Crippen LogP contribution in [0.3, 0.4) is 0 Å². The molecule has 260 valence electrons. The van der Waals surface area contributed by atoms with Crippen LogP contribution in [0.5, 0.6) is 0 Å². The lowest BCUT2D eigenvalue weighted by molar-refractivity contribution is -0.158. The van der Waals surface area contributed by atoms with Gasteiger partial charge in [-0.15, -0.1) is 0 Å². The molecule has 0 aromatic heterocycles. The molecule has 1 N–H and O–H groups in total. The summed E-state index contributed by atoms with van der Waals surface area (Å²) in [4.78, 5) is 49.4. The molecule has 2 aromatic rings. The quantitative estimate of drug-likeness (QED) is 0.195. The van der Waals surface area contributed by atoms with E-state index in [1.165, 1.54) is 0 Å². The second-order valence-corrected chi connectivity index (χ2v) is 12.8. The number of hydrogen-bond acceptors (Lipinski definition) is 7. The number of carbonyl (C=O) groups excluding carboxylic acids is 3. The summed E-state index contributed by atoms with van der Waals surface area (Å²) in [5.41, 5.74) is -1.01. The maximum Gasteiger partial charge on any atom is 0.410 e. The van der Waals surface area contributed by atoms with E-state index < -0.39 is 71.7 Å². The van der Waals surface area contributed by atoms with E-state index >= 15 is 0 Å². The van der Waals surface area contributed by atoms with Crippen LogP contribution in [0.25, 0.3) is 0 Å². The van der Waals surface area contributed by atoms with Crippen LogP contribution >= 0.6 is 0 Å². The van der Waals surface area contributed by atoms with Crippen molar-refractivity contribution in [3.63, 3.8) is 0 Å². The fraction of sp³-hybridized carbons (Fsp3) is 0.529. The second-order valence-electron chi connectivity index (χ2n) is 12.8. The van der Waals surface area contributed by atoms with Gasteiger partial charge >= 0.3 is 24.1 Å². The van der Waals surface area contributed by atoms with Gasteiger partial charge in [-0.1, -0.05) is 60.7 Å². The van der Waals surface area contributed by atoms with Crippen LogP contribution in [0.4, 0.5) is 27.2 Å². The smallest absolute Gasteiger partial charge is 0.410 e. The Kier molecular flexibility index (Phi) is 9.93. The monoisotopic (exact) mass is 678 g/mol. The zero-order valence-electron chi connectivity index (χ0n) is 26.4. The standard InChI is InChI=1S/C18H21F2NO4.C16H17F2NO4/c1-2-24-15(22)17(8-9-17)14-10-21(12-18(14,19)20)16(23)25-11-13-6-4-3-5-7-13;17-16(18)10-19(8-12(16)15(6-7-15)13(20)21)14(22)23-9-11-4-2-1-3-5-11/h3-7,14H,2,8-12H2,1H3;1-5,12H,6-10H2,(H,20,21)/t14-;12-/m11/s1. The highest BCUT2D eigenvalue weighted by Gasteiger charge is 2.69. The third-order valence-corrected chi connectivity index (χ3v) is 9.57. The van der Waals surface area contributed by atoms with Crippen LogP contribution in [-0.4, -0.2) is 83.7 Å². The van der Waals surface area contributed by atoms with Gasteiger partial charge in [0.1, 0.15) is 13.2 Å². The van der Waals surface area contributed by atoms with Crippen molar-refractivity contribution in [1.82, 2.24) is 9.80 Å². The van der Waals surface area contributed by atoms with Gasteiger partial charge in [0.25, 0.3) is 11.8 Å². The lowest BCUT2D eigenvalue weighted by Gasteiger charge is -2.25. The van der Waals surface area contributed by atoms with Gasteiger partial charge in [0.05, 0.1) is 42.4 Å². The Morgan fingerprint density at radius 1 is 0.688 bits per heavy atom. The number of carbonyl (C=O) groups is 4. The lowest BCUT2D eigenvalue weighted by atomic mass is 9.86. The molecule has 2 atom stereocenters. The Labute approximate surface area is 274 Å². The number of rotatable bonds is 9. The number of carboxylic acid groups (broad SMARTS) is 1. The van der Waals surface area contributed by atoms with Crippen molar-refractivity contribution >= 4 is 24.1 Å². The molecule has 48 heavy (non-hydrogen) atoms. The molecule has 0 radical (unpaired) electrons. The van der Waals surface area contributed by atoms with Crippen molar-refractivity contribution in [3.8, 4) is 0 Å². The summed E-state index contributed by atoms with van der Waals surface area (Å²) in [6.45, 7) is -0.180. The third-order valence-electron chi connectivity index (χ3n) is 9.57. The summed E-state index contributed by atoms with van der Waals surface area (Å²) in [6, 6.07) is 17.9. The van der Waals surface area contributed by atoms with Crippen LogP contribution in [0.2, 0.25) is 0 Å². The Hall–Kier alpha value is -4.36. The van der Waals surface area contributed by atoms with Crippen LogP contribution in [-0.2, 0) is 37.0 Å². The van der Waals surface area contributed by atoms with Crippen LogP contribution < -0.4 is 0 Å². The Morgan fingerprint density at radius 2 is 1.08 bits per heavy atom. The SMILES string of the molecule is CCOC(=O)C1([C@H]2CN(C(=O)OCc3ccccc3)CC2(F)F)CC1.O=C(OCc1ccccc1)N1C[C@H](C2(C(=O)O)CC2)C(F)(F)C1. The molecule has 2 saturated carbocycles. The van der Waals surface area contributed by atoms with Crippen molar-refractivity contribution in [3.05, 3.63) is 71.8 Å². The van der Waals surface area contributed by atoms with Crippen LogP contribution in [0.1, 0.15) is 43.7 Å². The molecule has 6 rings (SSSR count). The fourth-order valence-electron chi connectivity index (χ4n) is 6.57. The molecule has 4 aliphatic rings. The first kappa shape index (κ1) is 35.0. The van der Waals surface area contributed by atoms with Crippen molar-refractivity contribution in [2.24, 2.45) is 22.7 Å². The number of amides is 2. The minimum Gasteiger partial charge on any atom is -0.481 e. The number of likely N-dealkylation sites (tertiary alicyclic amines) is 2. The molecular formula is C34H38F4N2O8. The first-order valence-corrected chi connectivity index (χ1v) is 15.8. The Bertz CT molecular complexity index is 1480. The summed E-state index contributed by atoms with van der Waals surface area (Å²) in [5.74, 6) is -10.7. The van der Waals surface area contributed by atoms with Crippen molar-refractivity contribution in [2.45, 2.75) is 57.7 Å². The van der Waals surface area contributed by atoms with Crippen molar-refractivity contribution < 1.29 is 56.1 Å². The number of nitrogens with zero attached hydrogens (tertiary/aromatic N) is 2. The maximum absolute atomic E-state index is 14.5. The summed E-state index contributed by atoms with van der Waals surface area (Å²) in [5, 5.41) is 9.21. The van der Waals surface area contributed by atoms with Gasteiger partial charge in [0.15, 0.2) is 0 Å². The van der Waals surface area contributed by atoms with Gasteiger partial charge in [-0.2, -0.15) is 0 Å². The van der Waals surface area contributed by atoms with Gasteiger partial charge in [0, 0.05) is 13.1 Å². The van der Waals surface area contributed by atoms with E-state index in [0.717, 1.165) is 20.9 Å². The summed E-state index contributed by atoms with van der Waals surface area (Å²) in [7, 11) is 0. The summed E-state index contributed by atoms with van der Waals surface area (Å²) in [6.07, 6.45) is -0.411. The van der Waals surface area contributed by atoms with E-state index in [4.69, 9.17) is 14.2 Å². The molecule has 2 aromatic carbocycles. The Morgan fingerprint density at radius 3 is 1.44 bits per heavy atom. The first-order chi connectivity index (χ1) is 22.7. The normalized spacial score (nSPS) is 23.7. The largest absolute Gasteiger partial charge is 0.481 e. The van der Waals surface area contributed by atoms with E-state index in [2.05, 4.69) is 0 Å². The van der Waals surface area contributed by atoms with Crippen LogP contribution in [0.15, 0.2) is 60.7 Å². The lowest BCUT2D eigenvalue weighted by Crippen LogP contribution is -2.39. The van der Waals surface area contributed by atoms with Gasteiger partial charge in [-0.05, 0) is 43.7 Å². The average Bonchev–Trinajstić information content (AvgIpc) is 3.98. The molecule has 2 aliphatic carbocycles. The molecule has 2 aliphatic heterocycles. The fourth-order valence-corrected chi connectivity index (χ4v) is 6.57. The van der Waals surface area contributed by atoms with E-state index in [1.807, 2.05) is 12.1 Å². The van der Waals surface area contributed by atoms with E-state index in [1.54, 1.807) is 55.5 Å². The summed E-state index contributed by atoms with van der Waals surface area (Å²) < 4.78 is 72.4. The first-order valence-electron chi connectivity index (χ1n) is 15.8. The van der Waals surface area contributed by atoms with E-state index in [0.29, 0.717) is 12.8 Å². The highest BCUT2D eigenvalue weighted by Crippen LogP contribution is 2.60. The number of esters is 1. The predicted molar refractivity (Wildman–Crippen MR) is 161 cm³/mol. The predicted octanol–water partition coefficient (Wildman–Crippen LogP) is 5.99. The zero-order valence-corrected chi connectivity index (χ0v) is 26.4. The number of halogens is 4. The third kappa shape index (κ3) is 7.36. The molecule has 0 unspecified atom stereocenters. The second kappa shape index (κ2) is 13.6. The molecule has 14 heteroatoms. The van der Waals surface area contributed by atoms with Gasteiger partial charge in [-0.25, -0.2) is 27.2 Å². The molecule has 2 heterocycles. The molecule has 2 amide bonds. The van der Waals surface area contributed by atoms with E-state index in [-0.39, 0.29) is 45.8 Å². The molecular weight excluding hydrogens is 640 g/mol. The van der Waals surface area contributed by atoms with Crippen molar-refractivity contribution in [2.75, 3.05) is 32.8 Å². The minimum atomic E-state index is -3.21. The number of benzene rings is 2. The average molecular weight is 679 g/mol. The number of hydrogen-bond donors (Lipinski definition) is 1. The topological polar surface area (TPSA) is 123 Å². The molecule has 0 bridgehead atoms. The number of alkyl halides is 4. The molecule has 2 saturated heterocycles. The van der Waals surface area contributed by atoms with Crippen LogP contribution in [0, 0.1) is 22.7 Å².